The Kier molecular flexibility index (Phi) is 13.5. The molecule has 3 aliphatic rings. The molecule has 7 rings (SSSR count). The Bertz CT molecular complexity index is 2690. The number of amides is 1. The number of nitrogens with zero attached hydrogens (tertiary/aromatic N) is 2. The van der Waals surface area contributed by atoms with E-state index in [2.05, 4.69) is 17.3 Å². The van der Waals surface area contributed by atoms with Crippen LogP contribution in [0.2, 0.25) is 0 Å². The van der Waals surface area contributed by atoms with Gasteiger partial charge in [-0.2, -0.15) is 0 Å². The summed E-state index contributed by atoms with van der Waals surface area (Å²) in [5.74, 6) is -5.38. The van der Waals surface area contributed by atoms with Gasteiger partial charge in [-0.1, -0.05) is 52.8 Å². The lowest BCUT2D eigenvalue weighted by Crippen LogP contribution is -2.43. The van der Waals surface area contributed by atoms with Crippen molar-refractivity contribution >= 4 is 56.3 Å². The zero-order valence-electron chi connectivity index (χ0n) is 39.0. The topological polar surface area (TPSA) is 196 Å². The number of carbonyl (C=O) groups excluding carboxylic acids is 3. The first-order valence-electron chi connectivity index (χ1n) is 22.3. The number of hydrogen-bond acceptors (Lipinski definition) is 14. The number of fused-ring (bicyclic) bond motifs is 2. The number of phenols is 1. The molecular formula is C50H61N3O12. The van der Waals surface area contributed by atoms with Crippen molar-refractivity contribution in [2.45, 2.75) is 105 Å². The molecule has 65 heavy (non-hydrogen) atoms. The molecule has 1 aromatic heterocycles. The second-order valence-electron chi connectivity index (χ2n) is 18.3. The van der Waals surface area contributed by atoms with Crippen LogP contribution in [0.3, 0.4) is 0 Å². The van der Waals surface area contributed by atoms with Gasteiger partial charge in [-0.05, 0) is 76.2 Å². The SMILES string of the molecule is CO[C@H]1/C=C/O[C@@]2(C)Oc3c(C)c(=O)c4c(O)c(c5oc6cc(OCC7CCCN7C)ccc6nc5c4c3C2=O)NC(=O)/C(C)=C\C=C\[C@H](C)[C@H](O)[C@@H](C)[C@@H](C)[C@@H](C)[C@H](OC(C)=O)[C@@H]1C. The van der Waals surface area contributed by atoms with Gasteiger partial charge in [-0.25, -0.2) is 4.98 Å². The second kappa shape index (κ2) is 18.6. The third-order valence-electron chi connectivity index (χ3n) is 14.0. The number of likely N-dealkylation sites (N-methyl/N-ethyl adjacent to an activating group) is 1. The maximum Gasteiger partial charge on any atom is 0.312 e. The van der Waals surface area contributed by atoms with Crippen LogP contribution in [0.5, 0.6) is 17.2 Å². The molecule has 3 aromatic carbocycles. The van der Waals surface area contributed by atoms with Crippen LogP contribution in [0.1, 0.15) is 84.2 Å². The van der Waals surface area contributed by atoms with Crippen molar-refractivity contribution in [3.05, 3.63) is 75.7 Å². The van der Waals surface area contributed by atoms with Crippen LogP contribution >= 0.6 is 0 Å². The van der Waals surface area contributed by atoms with E-state index >= 15 is 0 Å². The van der Waals surface area contributed by atoms with Crippen LogP contribution in [-0.4, -0.2) is 95.2 Å². The fraction of sp³-hybridized carbons (Fsp3) is 0.500. The van der Waals surface area contributed by atoms with E-state index in [9.17, 15) is 29.4 Å². The maximum atomic E-state index is 14.8. The predicted molar refractivity (Wildman–Crippen MR) is 246 cm³/mol. The summed E-state index contributed by atoms with van der Waals surface area (Å²) in [6.45, 7) is 16.9. The van der Waals surface area contributed by atoms with E-state index in [1.54, 1.807) is 49.4 Å². The number of aliphatic hydroxyl groups excluding tert-OH is 1. The summed E-state index contributed by atoms with van der Waals surface area (Å²) < 4.78 is 36.9. The molecule has 15 nitrogen and oxygen atoms in total. The van der Waals surface area contributed by atoms with Crippen molar-refractivity contribution in [1.29, 1.82) is 0 Å². The average Bonchev–Trinajstić information content (AvgIpc) is 3.81. The number of ether oxygens (including phenoxy) is 5. The Labute approximate surface area is 378 Å². The molecule has 0 radical (unpaired) electrons. The van der Waals surface area contributed by atoms with Crippen LogP contribution < -0.4 is 20.2 Å². The van der Waals surface area contributed by atoms with E-state index in [0.717, 1.165) is 19.4 Å². The van der Waals surface area contributed by atoms with Crippen LogP contribution in [0.15, 0.2) is 63.6 Å². The van der Waals surface area contributed by atoms with E-state index in [4.69, 9.17) is 33.1 Å². The first-order valence-corrected chi connectivity index (χ1v) is 22.3. The number of aromatic hydroxyl groups is 1. The number of Topliss-reactive ketones (excluding diaryl/α,β-unsaturated/α-hetero) is 1. The molecule has 1 unspecified atom stereocenters. The van der Waals surface area contributed by atoms with Gasteiger partial charge in [0.15, 0.2) is 22.3 Å². The number of hydrogen-bond donors (Lipinski definition) is 3. The lowest BCUT2D eigenvalue weighted by molar-refractivity contribution is -0.157. The van der Waals surface area contributed by atoms with E-state index in [1.165, 1.54) is 34.1 Å². The minimum atomic E-state index is -2.00. The number of aliphatic hydroxyl groups is 1. The number of rotatable bonds is 5. The average molecular weight is 896 g/mol. The van der Waals surface area contributed by atoms with Gasteiger partial charge in [0.1, 0.15) is 40.9 Å². The zero-order valence-corrected chi connectivity index (χ0v) is 39.0. The van der Waals surface area contributed by atoms with E-state index in [-0.39, 0.29) is 85.3 Å². The lowest BCUT2D eigenvalue weighted by atomic mass is 9.73. The number of methoxy groups -OCH3 is 1. The maximum absolute atomic E-state index is 14.8. The highest BCUT2D eigenvalue weighted by Crippen LogP contribution is 2.48. The molecule has 1 amide bonds. The summed E-state index contributed by atoms with van der Waals surface area (Å²) in [5.41, 5.74) is -0.220. The number of carbonyl (C=O) groups is 3. The molecule has 0 saturated carbocycles. The van der Waals surface area contributed by atoms with Gasteiger partial charge in [0.05, 0.1) is 29.4 Å². The van der Waals surface area contributed by atoms with Crippen molar-refractivity contribution in [3.63, 3.8) is 0 Å². The Morgan fingerprint density at radius 1 is 1.03 bits per heavy atom. The molecule has 15 heteroatoms. The molecule has 3 aliphatic heterocycles. The molecule has 10 atom stereocenters. The molecule has 0 spiro atoms. The Morgan fingerprint density at radius 3 is 2.45 bits per heavy atom. The normalized spacial score (nSPS) is 31.1. The third-order valence-corrected chi connectivity index (χ3v) is 14.0. The quantitative estimate of drug-likeness (QED) is 0.0761. The lowest BCUT2D eigenvalue weighted by Gasteiger charge is -2.39. The molecule has 4 bridgehead atoms. The third kappa shape index (κ3) is 8.85. The standard InChI is InChI=1S/C50H61N3O12/c1-24-14-12-15-25(2)49(59)52-41-44(57)38-37(40-47(41)64-36-22-33(17-18-34(36)51-40)61-23-32-16-13-20-53(32)10)39-46(30(7)43(38)56)65-50(9,48(39)58)62-21-19-35(60-11)29(6)45(63-31(8)54)28(5)26(3)27(4)42(24)55/h12,14-15,17-19,21-22,24,26-29,32,35,42,45,55,57H,13,16,20,23H2,1-11H3,(H,52,59)/b14-12+,21-19+,25-15-/t24-,26+,27-,28+,29+,32?,35-,42-,45-,50-/m0/s1. The number of likely N-dealkylation sites (tertiary alicyclic amines) is 1. The fourth-order valence-corrected chi connectivity index (χ4v) is 9.47. The van der Waals surface area contributed by atoms with Gasteiger partial charge in [-0.3, -0.25) is 19.2 Å². The van der Waals surface area contributed by atoms with Gasteiger partial charge in [-0.15, -0.1) is 0 Å². The van der Waals surface area contributed by atoms with Gasteiger partial charge in [0, 0.05) is 61.4 Å². The smallest absolute Gasteiger partial charge is 0.312 e. The summed E-state index contributed by atoms with van der Waals surface area (Å²) in [5, 5.41) is 26.2. The Balaban J connectivity index is 1.41. The van der Waals surface area contributed by atoms with Crippen LogP contribution in [0, 0.1) is 36.5 Å². The van der Waals surface area contributed by atoms with Crippen molar-refractivity contribution in [2.24, 2.45) is 29.6 Å². The zero-order chi connectivity index (χ0) is 47.2. The number of allylic oxidation sites excluding steroid dienone is 2. The first kappa shape index (κ1) is 47.2. The number of esters is 1. The number of ketones is 1. The first-order chi connectivity index (χ1) is 30.8. The molecule has 348 valence electrons. The van der Waals surface area contributed by atoms with Crippen LogP contribution in [0.25, 0.3) is 33.0 Å². The number of anilines is 1. The minimum absolute atomic E-state index is 0.00740. The number of benzene rings is 3. The van der Waals surface area contributed by atoms with Gasteiger partial charge < -0.3 is 48.5 Å². The van der Waals surface area contributed by atoms with E-state index in [1.807, 2.05) is 34.6 Å². The highest BCUT2D eigenvalue weighted by Gasteiger charge is 2.49. The molecule has 1 fully saturated rings. The molecule has 4 heterocycles. The fourth-order valence-electron chi connectivity index (χ4n) is 9.47. The summed E-state index contributed by atoms with van der Waals surface area (Å²) in [6, 6.07) is 5.38. The Morgan fingerprint density at radius 2 is 1.77 bits per heavy atom. The van der Waals surface area contributed by atoms with Crippen molar-refractivity contribution in [1.82, 2.24) is 9.88 Å². The van der Waals surface area contributed by atoms with Gasteiger partial charge in [0.25, 0.3) is 11.7 Å². The van der Waals surface area contributed by atoms with E-state index in [0.29, 0.717) is 17.9 Å². The molecule has 3 N–H and O–H groups in total. The molecular weight excluding hydrogens is 835 g/mol. The number of aromatic nitrogens is 1. The highest BCUT2D eigenvalue weighted by atomic mass is 16.7. The van der Waals surface area contributed by atoms with Crippen molar-refractivity contribution < 1.29 is 52.7 Å². The monoisotopic (exact) mass is 895 g/mol. The Hall–Kier alpha value is -5.77. The number of phenolic OH excluding ortho intramolecular Hbond substituents is 1. The van der Waals surface area contributed by atoms with E-state index < -0.39 is 58.9 Å². The second-order valence-corrected chi connectivity index (χ2v) is 18.3. The molecule has 1 saturated heterocycles. The highest BCUT2D eigenvalue weighted by molar-refractivity contribution is 6.26. The number of nitrogens with one attached hydrogen (secondary N) is 1. The minimum Gasteiger partial charge on any atom is -0.505 e. The predicted octanol–water partition coefficient (Wildman–Crippen LogP) is 7.75. The summed E-state index contributed by atoms with van der Waals surface area (Å²) in [7, 11) is 3.57. The van der Waals surface area contributed by atoms with Crippen LogP contribution in [-0.2, 0) is 23.8 Å². The van der Waals surface area contributed by atoms with Crippen molar-refractivity contribution in [2.75, 3.05) is 32.6 Å². The van der Waals surface area contributed by atoms with Gasteiger partial charge >= 0.3 is 11.8 Å². The summed E-state index contributed by atoms with van der Waals surface area (Å²) in [4.78, 5) is 62.8. The van der Waals surface area contributed by atoms with Crippen LogP contribution in [0.4, 0.5) is 5.69 Å². The van der Waals surface area contributed by atoms with Crippen molar-refractivity contribution in [3.8, 4) is 17.2 Å². The summed E-state index contributed by atoms with van der Waals surface area (Å²) >= 11 is 0. The van der Waals surface area contributed by atoms with Gasteiger partial charge in [0.2, 0.25) is 0 Å². The molecule has 4 aromatic rings. The summed E-state index contributed by atoms with van der Waals surface area (Å²) in [6.07, 6.45) is 7.88. The largest absolute Gasteiger partial charge is 0.505 e. The molecule has 0 aliphatic carbocycles.